The smallest absolute Gasteiger partial charge is 0.133 e. The first kappa shape index (κ1) is 13.5. The normalized spacial score (nSPS) is 19.8. The van der Waals surface area contributed by atoms with Gasteiger partial charge in [0.15, 0.2) is 0 Å². The minimum atomic E-state index is 0.221. The van der Waals surface area contributed by atoms with Crippen molar-refractivity contribution >= 4 is 11.8 Å². The largest absolute Gasteiger partial charge is 0.487 e. The van der Waals surface area contributed by atoms with Crippen LogP contribution in [0.15, 0.2) is 41.3 Å². The van der Waals surface area contributed by atoms with Gasteiger partial charge in [-0.15, -0.1) is 11.8 Å². The van der Waals surface area contributed by atoms with E-state index in [2.05, 4.69) is 37.0 Å². The zero-order valence-corrected chi connectivity index (χ0v) is 11.9. The van der Waals surface area contributed by atoms with Crippen molar-refractivity contribution in [2.75, 3.05) is 12.8 Å². The predicted octanol–water partition coefficient (Wildman–Crippen LogP) is 3.48. The number of hydrogen-bond acceptors (Lipinski definition) is 3. The van der Waals surface area contributed by atoms with Gasteiger partial charge in [0.25, 0.3) is 0 Å². The summed E-state index contributed by atoms with van der Waals surface area (Å²) in [5.74, 6) is 2.01. The molecule has 1 N–H and O–H groups in total. The third kappa shape index (κ3) is 3.09. The maximum atomic E-state index is 6.11. The summed E-state index contributed by atoms with van der Waals surface area (Å²) in [7, 11) is 2.00. The predicted molar refractivity (Wildman–Crippen MR) is 78.5 cm³/mol. The highest BCUT2D eigenvalue weighted by molar-refractivity contribution is 7.99. The Bertz CT molecular complexity index is 419. The average molecular weight is 263 g/mol. The lowest BCUT2D eigenvalue weighted by molar-refractivity contribution is 0.169. The first-order valence-electron chi connectivity index (χ1n) is 6.47. The SMILES string of the molecule is C=C(CC)CC(NC)C1CSc2ccccc2O1. The van der Waals surface area contributed by atoms with Crippen LogP contribution in [0.2, 0.25) is 0 Å². The molecule has 2 unspecified atom stereocenters. The summed E-state index contributed by atoms with van der Waals surface area (Å²) in [5, 5.41) is 3.37. The molecule has 1 aliphatic heterocycles. The highest BCUT2D eigenvalue weighted by Crippen LogP contribution is 2.36. The van der Waals surface area contributed by atoms with Crippen LogP contribution in [-0.4, -0.2) is 24.9 Å². The Hall–Kier alpha value is -0.930. The highest BCUT2D eigenvalue weighted by atomic mass is 32.2. The summed E-state index contributed by atoms with van der Waals surface area (Å²) in [6.07, 6.45) is 2.24. The molecule has 1 aliphatic rings. The summed E-state index contributed by atoms with van der Waals surface area (Å²) in [4.78, 5) is 1.25. The molecule has 18 heavy (non-hydrogen) atoms. The number of benzene rings is 1. The molecule has 2 atom stereocenters. The molecule has 98 valence electrons. The molecule has 0 amide bonds. The molecular weight excluding hydrogens is 242 g/mol. The van der Waals surface area contributed by atoms with E-state index in [1.54, 1.807) is 0 Å². The lowest BCUT2D eigenvalue weighted by Crippen LogP contribution is -2.44. The Labute approximate surface area is 114 Å². The summed E-state index contributed by atoms with van der Waals surface area (Å²) in [6.45, 7) is 6.25. The first-order chi connectivity index (χ1) is 8.74. The van der Waals surface area contributed by atoms with Gasteiger partial charge in [-0.1, -0.05) is 31.2 Å². The van der Waals surface area contributed by atoms with Gasteiger partial charge in [-0.05, 0) is 32.0 Å². The van der Waals surface area contributed by atoms with Crippen molar-refractivity contribution in [1.29, 1.82) is 0 Å². The number of nitrogens with one attached hydrogen (secondary N) is 1. The van der Waals surface area contributed by atoms with E-state index >= 15 is 0 Å². The van der Waals surface area contributed by atoms with Crippen molar-refractivity contribution in [3.63, 3.8) is 0 Å². The third-order valence-corrected chi connectivity index (χ3v) is 4.50. The lowest BCUT2D eigenvalue weighted by atomic mass is 10.0. The Kier molecular flexibility index (Phi) is 4.72. The van der Waals surface area contributed by atoms with Gasteiger partial charge >= 0.3 is 0 Å². The van der Waals surface area contributed by atoms with Crippen LogP contribution in [0.4, 0.5) is 0 Å². The fraction of sp³-hybridized carbons (Fsp3) is 0.467. The number of para-hydroxylation sites is 1. The molecule has 0 saturated carbocycles. The van der Waals surface area contributed by atoms with Crippen LogP contribution in [0, 0.1) is 0 Å². The van der Waals surface area contributed by atoms with E-state index in [9.17, 15) is 0 Å². The Balaban J connectivity index is 2.04. The Morgan fingerprint density at radius 2 is 2.33 bits per heavy atom. The number of rotatable bonds is 5. The summed E-state index contributed by atoms with van der Waals surface area (Å²) in [6, 6.07) is 8.61. The standard InChI is InChI=1S/C15H21NOS/c1-4-11(2)9-12(16-3)14-10-18-15-8-6-5-7-13(15)17-14/h5-8,12,14,16H,2,4,9-10H2,1,3H3. The summed E-state index contributed by atoms with van der Waals surface area (Å²) in [5.41, 5.74) is 1.28. The maximum absolute atomic E-state index is 6.11. The molecule has 0 saturated heterocycles. The third-order valence-electron chi connectivity index (χ3n) is 3.36. The quantitative estimate of drug-likeness (QED) is 0.822. The first-order valence-corrected chi connectivity index (χ1v) is 7.45. The lowest BCUT2D eigenvalue weighted by Gasteiger charge is -2.32. The summed E-state index contributed by atoms with van der Waals surface area (Å²) >= 11 is 1.88. The molecule has 0 aromatic heterocycles. The van der Waals surface area contributed by atoms with Crippen molar-refractivity contribution in [2.45, 2.75) is 36.8 Å². The molecule has 1 aromatic rings. The second-order valence-corrected chi connectivity index (χ2v) is 5.68. The molecule has 0 radical (unpaired) electrons. The van der Waals surface area contributed by atoms with Crippen molar-refractivity contribution in [3.05, 3.63) is 36.4 Å². The van der Waals surface area contributed by atoms with Gasteiger partial charge in [-0.2, -0.15) is 0 Å². The van der Waals surface area contributed by atoms with E-state index in [-0.39, 0.29) is 6.10 Å². The molecule has 1 heterocycles. The fourth-order valence-corrected chi connectivity index (χ4v) is 3.19. The summed E-state index contributed by atoms with van der Waals surface area (Å²) < 4.78 is 6.11. The van der Waals surface area contributed by atoms with Gasteiger partial charge in [0.2, 0.25) is 0 Å². The zero-order chi connectivity index (χ0) is 13.0. The number of ether oxygens (including phenoxy) is 1. The van der Waals surface area contributed by atoms with Crippen LogP contribution in [0.3, 0.4) is 0 Å². The van der Waals surface area contributed by atoms with Crippen molar-refractivity contribution in [3.8, 4) is 5.75 Å². The van der Waals surface area contributed by atoms with Crippen molar-refractivity contribution in [1.82, 2.24) is 5.32 Å². The van der Waals surface area contributed by atoms with Gasteiger partial charge < -0.3 is 10.1 Å². The van der Waals surface area contributed by atoms with Crippen LogP contribution in [0.5, 0.6) is 5.75 Å². The second-order valence-electron chi connectivity index (χ2n) is 4.62. The molecule has 0 fully saturated rings. The molecular formula is C15H21NOS. The molecule has 0 aliphatic carbocycles. The van der Waals surface area contributed by atoms with Crippen LogP contribution in [0.1, 0.15) is 19.8 Å². The number of thioether (sulfide) groups is 1. The molecule has 2 rings (SSSR count). The number of fused-ring (bicyclic) bond motifs is 1. The van der Waals surface area contributed by atoms with Gasteiger partial charge in [-0.3, -0.25) is 0 Å². The van der Waals surface area contributed by atoms with Gasteiger partial charge in [0.05, 0.1) is 0 Å². The fourth-order valence-electron chi connectivity index (χ4n) is 2.11. The van der Waals surface area contributed by atoms with E-state index in [1.165, 1.54) is 10.5 Å². The topological polar surface area (TPSA) is 21.3 Å². The zero-order valence-electron chi connectivity index (χ0n) is 11.1. The van der Waals surface area contributed by atoms with Crippen LogP contribution in [0.25, 0.3) is 0 Å². The van der Waals surface area contributed by atoms with E-state index in [0.717, 1.165) is 24.3 Å². The van der Waals surface area contributed by atoms with E-state index in [1.807, 2.05) is 24.9 Å². The number of likely N-dealkylation sites (N-methyl/N-ethyl adjacent to an activating group) is 1. The Morgan fingerprint density at radius 3 is 3.06 bits per heavy atom. The molecule has 3 heteroatoms. The van der Waals surface area contributed by atoms with Crippen molar-refractivity contribution < 1.29 is 4.74 Å². The monoisotopic (exact) mass is 263 g/mol. The van der Waals surface area contributed by atoms with E-state index in [0.29, 0.717) is 6.04 Å². The van der Waals surface area contributed by atoms with Crippen LogP contribution < -0.4 is 10.1 Å². The minimum absolute atomic E-state index is 0.221. The molecule has 0 bridgehead atoms. The minimum Gasteiger partial charge on any atom is -0.487 e. The van der Waals surface area contributed by atoms with Gasteiger partial charge in [0, 0.05) is 16.7 Å². The van der Waals surface area contributed by atoms with Crippen LogP contribution >= 0.6 is 11.8 Å². The van der Waals surface area contributed by atoms with Gasteiger partial charge in [-0.25, -0.2) is 0 Å². The molecule has 2 nitrogen and oxygen atoms in total. The van der Waals surface area contributed by atoms with Crippen molar-refractivity contribution in [2.24, 2.45) is 0 Å². The average Bonchev–Trinajstić information content (AvgIpc) is 2.44. The van der Waals surface area contributed by atoms with E-state index in [4.69, 9.17) is 4.74 Å². The highest BCUT2D eigenvalue weighted by Gasteiger charge is 2.27. The molecule has 1 aromatic carbocycles. The van der Waals surface area contributed by atoms with E-state index < -0.39 is 0 Å². The second kappa shape index (κ2) is 6.30. The van der Waals surface area contributed by atoms with Gasteiger partial charge in [0.1, 0.15) is 11.9 Å². The number of hydrogen-bond donors (Lipinski definition) is 1. The maximum Gasteiger partial charge on any atom is 0.133 e. The van der Waals surface area contributed by atoms with Crippen LogP contribution in [-0.2, 0) is 0 Å². The Morgan fingerprint density at radius 1 is 1.56 bits per heavy atom. The molecule has 0 spiro atoms.